The molecule has 0 bridgehead atoms. The summed E-state index contributed by atoms with van der Waals surface area (Å²) in [6.45, 7) is 2.15. The van der Waals surface area contributed by atoms with E-state index in [1.165, 1.54) is 18.9 Å². The first-order valence-corrected chi connectivity index (χ1v) is 7.84. The maximum Gasteiger partial charge on any atom is 0.337 e. The molecule has 1 N–H and O–H groups in total. The summed E-state index contributed by atoms with van der Waals surface area (Å²) in [6.07, 6.45) is 2.02. The monoisotopic (exact) mass is 324 g/mol. The molecule has 2 unspecified atom stereocenters. The first-order chi connectivity index (χ1) is 11.0. The summed E-state index contributed by atoms with van der Waals surface area (Å²) < 4.78 is 30.2. The minimum Gasteiger partial charge on any atom is -0.403 e. The molecule has 1 aliphatic carbocycles. The minimum atomic E-state index is -2.93. The second-order valence-electron chi connectivity index (χ2n) is 6.11. The molecule has 0 spiro atoms. The number of hydrogen-bond donors (Lipinski definition) is 1. The van der Waals surface area contributed by atoms with E-state index >= 15 is 0 Å². The van der Waals surface area contributed by atoms with Crippen LogP contribution in [0.5, 0.6) is 0 Å². The fourth-order valence-electron chi connectivity index (χ4n) is 3.20. The highest BCUT2D eigenvalue weighted by Gasteiger charge is 2.35. The summed E-state index contributed by atoms with van der Waals surface area (Å²) in [5, 5.41) is 0.0988. The van der Waals surface area contributed by atoms with Crippen LogP contribution < -0.4 is 11.2 Å². The van der Waals surface area contributed by atoms with Crippen LogP contribution in [-0.2, 0) is 6.42 Å². The van der Waals surface area contributed by atoms with Crippen LogP contribution in [0.2, 0.25) is 0 Å². The molecule has 0 aliphatic heterocycles. The van der Waals surface area contributed by atoms with Crippen molar-refractivity contribution in [3.63, 3.8) is 0 Å². The maximum atomic E-state index is 12.7. The van der Waals surface area contributed by atoms with Gasteiger partial charge in [0.25, 0.3) is 12.0 Å². The Hall–Kier alpha value is -2.05. The summed E-state index contributed by atoms with van der Waals surface area (Å²) in [5.41, 5.74) is -1.16. The average molecular weight is 324 g/mol. The number of aromatic amines is 1. The Labute approximate surface area is 130 Å². The molecule has 3 rings (SSSR count). The van der Waals surface area contributed by atoms with Crippen molar-refractivity contribution < 1.29 is 13.2 Å². The van der Waals surface area contributed by atoms with Crippen molar-refractivity contribution in [1.82, 2.24) is 9.97 Å². The molecular formula is C16H18F2N2O3. The van der Waals surface area contributed by atoms with Gasteiger partial charge in [-0.2, -0.15) is 4.98 Å². The molecule has 124 valence electrons. The SMILES string of the molecule is CCCC1CC1CCc1cc(=O)oc2nc(C(F)F)[nH]c(=O)c12. The molecule has 2 heterocycles. The van der Waals surface area contributed by atoms with E-state index in [9.17, 15) is 18.4 Å². The van der Waals surface area contributed by atoms with Crippen molar-refractivity contribution >= 4 is 11.1 Å². The molecule has 2 aromatic rings. The van der Waals surface area contributed by atoms with Gasteiger partial charge in [-0.25, -0.2) is 13.6 Å². The number of fused-ring (bicyclic) bond motifs is 1. The zero-order chi connectivity index (χ0) is 16.6. The summed E-state index contributed by atoms with van der Waals surface area (Å²) in [7, 11) is 0. The minimum absolute atomic E-state index is 0.0988. The van der Waals surface area contributed by atoms with Crippen molar-refractivity contribution in [3.8, 4) is 0 Å². The predicted octanol–water partition coefficient (Wildman–Crippen LogP) is 3.18. The normalized spacial score (nSPS) is 20.3. The molecule has 23 heavy (non-hydrogen) atoms. The zero-order valence-corrected chi connectivity index (χ0v) is 12.8. The zero-order valence-electron chi connectivity index (χ0n) is 12.8. The van der Waals surface area contributed by atoms with Crippen LogP contribution in [0.3, 0.4) is 0 Å². The van der Waals surface area contributed by atoms with Crippen molar-refractivity contribution in [3.05, 3.63) is 38.2 Å². The summed E-state index contributed by atoms with van der Waals surface area (Å²) in [4.78, 5) is 29.3. The predicted molar refractivity (Wildman–Crippen MR) is 80.7 cm³/mol. The highest BCUT2D eigenvalue weighted by atomic mass is 19.3. The van der Waals surface area contributed by atoms with Crippen LogP contribution >= 0.6 is 0 Å². The van der Waals surface area contributed by atoms with E-state index in [4.69, 9.17) is 4.42 Å². The van der Waals surface area contributed by atoms with Crippen molar-refractivity contribution in [2.24, 2.45) is 11.8 Å². The van der Waals surface area contributed by atoms with Crippen LogP contribution in [-0.4, -0.2) is 9.97 Å². The van der Waals surface area contributed by atoms with Gasteiger partial charge in [0.15, 0.2) is 5.82 Å². The maximum absolute atomic E-state index is 12.7. The Kier molecular flexibility index (Phi) is 4.28. The molecule has 1 saturated carbocycles. The van der Waals surface area contributed by atoms with Crippen LogP contribution in [0.15, 0.2) is 20.1 Å². The topological polar surface area (TPSA) is 76.0 Å². The molecule has 1 fully saturated rings. The third-order valence-electron chi connectivity index (χ3n) is 4.43. The van der Waals surface area contributed by atoms with Crippen LogP contribution in [0, 0.1) is 11.8 Å². The Bertz CT molecular complexity index is 828. The van der Waals surface area contributed by atoms with Gasteiger partial charge >= 0.3 is 5.63 Å². The van der Waals surface area contributed by atoms with Crippen LogP contribution in [0.4, 0.5) is 8.78 Å². The molecule has 0 aromatic carbocycles. The Morgan fingerprint density at radius 2 is 2.09 bits per heavy atom. The van der Waals surface area contributed by atoms with Gasteiger partial charge < -0.3 is 9.40 Å². The van der Waals surface area contributed by atoms with E-state index in [0.29, 0.717) is 17.9 Å². The van der Waals surface area contributed by atoms with Crippen molar-refractivity contribution in [2.75, 3.05) is 0 Å². The van der Waals surface area contributed by atoms with Gasteiger partial charge in [-0.05, 0) is 36.7 Å². The molecular weight excluding hydrogens is 306 g/mol. The van der Waals surface area contributed by atoms with E-state index in [1.54, 1.807) is 0 Å². The van der Waals surface area contributed by atoms with Crippen LogP contribution in [0.25, 0.3) is 11.1 Å². The number of nitrogens with one attached hydrogen (secondary N) is 1. The number of H-pyrrole nitrogens is 1. The molecule has 0 radical (unpaired) electrons. The molecule has 2 atom stereocenters. The Morgan fingerprint density at radius 3 is 2.78 bits per heavy atom. The molecule has 7 heteroatoms. The first-order valence-electron chi connectivity index (χ1n) is 7.84. The van der Waals surface area contributed by atoms with E-state index < -0.39 is 23.4 Å². The van der Waals surface area contributed by atoms with E-state index in [0.717, 1.165) is 18.8 Å². The summed E-state index contributed by atoms with van der Waals surface area (Å²) in [5.74, 6) is 0.561. The van der Waals surface area contributed by atoms with E-state index in [1.807, 2.05) is 0 Å². The van der Waals surface area contributed by atoms with Gasteiger partial charge in [-0.3, -0.25) is 4.79 Å². The first kappa shape index (κ1) is 15.8. The molecule has 1 aliphatic rings. The second kappa shape index (κ2) is 6.22. The summed E-state index contributed by atoms with van der Waals surface area (Å²) >= 11 is 0. The average Bonchev–Trinajstić information content (AvgIpc) is 3.22. The number of aromatic nitrogens is 2. The van der Waals surface area contributed by atoms with E-state index in [-0.39, 0.29) is 11.1 Å². The highest BCUT2D eigenvalue weighted by Crippen LogP contribution is 2.45. The fraction of sp³-hybridized carbons (Fsp3) is 0.562. The van der Waals surface area contributed by atoms with Crippen molar-refractivity contribution in [1.29, 1.82) is 0 Å². The lowest BCUT2D eigenvalue weighted by molar-refractivity contribution is 0.140. The lowest BCUT2D eigenvalue weighted by atomic mass is 10.0. The van der Waals surface area contributed by atoms with Gasteiger partial charge in [0.05, 0.1) is 0 Å². The molecule has 0 amide bonds. The molecule has 5 nitrogen and oxygen atoms in total. The van der Waals surface area contributed by atoms with Gasteiger partial charge in [-0.1, -0.05) is 19.8 Å². The number of halogens is 2. The Morgan fingerprint density at radius 1 is 1.35 bits per heavy atom. The third-order valence-corrected chi connectivity index (χ3v) is 4.43. The fourth-order valence-corrected chi connectivity index (χ4v) is 3.20. The quantitative estimate of drug-likeness (QED) is 0.885. The van der Waals surface area contributed by atoms with Crippen molar-refractivity contribution in [2.45, 2.75) is 45.5 Å². The van der Waals surface area contributed by atoms with Gasteiger partial charge in [-0.15, -0.1) is 0 Å². The lowest BCUT2D eigenvalue weighted by Gasteiger charge is -2.06. The second-order valence-corrected chi connectivity index (χ2v) is 6.11. The van der Waals surface area contributed by atoms with Gasteiger partial charge in [0.2, 0.25) is 5.71 Å². The van der Waals surface area contributed by atoms with E-state index in [2.05, 4.69) is 16.9 Å². The number of rotatable bonds is 6. The number of nitrogens with zero attached hydrogens (tertiary/aromatic N) is 1. The van der Waals surface area contributed by atoms with Gasteiger partial charge in [0.1, 0.15) is 5.39 Å². The lowest BCUT2D eigenvalue weighted by Crippen LogP contribution is -2.16. The number of aryl methyl sites for hydroxylation is 1. The molecule has 0 saturated heterocycles. The van der Waals surface area contributed by atoms with Gasteiger partial charge in [0, 0.05) is 6.07 Å². The largest absolute Gasteiger partial charge is 0.403 e. The standard InChI is InChI=1S/C16H18F2N2O3/c1-2-3-8-6-9(8)4-5-10-7-11(21)23-16-12(10)15(22)19-14(20-16)13(17)18/h7-9,13H,2-6H2,1H3,(H,19,20,22). The molecule has 2 aromatic heterocycles. The summed E-state index contributed by atoms with van der Waals surface area (Å²) in [6, 6.07) is 1.26. The third kappa shape index (κ3) is 3.33. The smallest absolute Gasteiger partial charge is 0.337 e. The number of alkyl halides is 2. The Balaban J connectivity index is 1.91. The van der Waals surface area contributed by atoms with Crippen LogP contribution in [0.1, 0.15) is 50.4 Å². The number of hydrogen-bond acceptors (Lipinski definition) is 4. The highest BCUT2D eigenvalue weighted by molar-refractivity contribution is 5.75.